The molecule has 2 aromatic carbocycles. The maximum absolute atomic E-state index is 13.1. The first kappa shape index (κ1) is 20.7. The third kappa shape index (κ3) is 4.31. The Morgan fingerprint density at radius 3 is 2.61 bits per heavy atom. The van der Waals surface area contributed by atoms with Crippen LogP contribution in [0.15, 0.2) is 52.1 Å². The van der Waals surface area contributed by atoms with Crippen molar-refractivity contribution in [2.75, 3.05) is 13.7 Å². The van der Waals surface area contributed by atoms with E-state index in [2.05, 4.69) is 10.1 Å². The highest BCUT2D eigenvalue weighted by molar-refractivity contribution is 7.15. The van der Waals surface area contributed by atoms with Gasteiger partial charge in [0.2, 0.25) is 4.96 Å². The Bertz CT molecular complexity index is 1410. The van der Waals surface area contributed by atoms with E-state index in [1.807, 2.05) is 13.0 Å². The molecular weight excluding hydrogens is 421 g/mol. The summed E-state index contributed by atoms with van der Waals surface area (Å²) in [4.78, 5) is 29.4. The normalized spacial score (nSPS) is 11.8. The number of halogens is 1. The molecule has 0 saturated carbocycles. The minimum atomic E-state index is -0.514. The summed E-state index contributed by atoms with van der Waals surface area (Å²) in [5.41, 5.74) is 0.663. The monoisotopic (exact) mass is 439 g/mol. The highest BCUT2D eigenvalue weighted by Gasteiger charge is 2.12. The second kappa shape index (κ2) is 8.65. The van der Waals surface area contributed by atoms with Gasteiger partial charge in [0.1, 0.15) is 11.5 Å². The molecule has 0 aliphatic rings. The van der Waals surface area contributed by atoms with E-state index < -0.39 is 5.56 Å². The number of fused-ring (bicyclic) bond motifs is 1. The van der Waals surface area contributed by atoms with Crippen LogP contribution in [0.1, 0.15) is 23.7 Å². The van der Waals surface area contributed by atoms with Crippen molar-refractivity contribution in [2.45, 2.75) is 13.3 Å². The van der Waals surface area contributed by atoms with Gasteiger partial charge >= 0.3 is 0 Å². The number of thiazole rings is 1. The fourth-order valence-corrected chi connectivity index (χ4v) is 3.95. The van der Waals surface area contributed by atoms with Gasteiger partial charge in [-0.15, -0.1) is 0 Å². The smallest absolute Gasteiger partial charge is 0.296 e. The Labute approximate surface area is 180 Å². The molecule has 4 aromatic rings. The molecule has 7 nitrogen and oxygen atoms in total. The van der Waals surface area contributed by atoms with Crippen molar-refractivity contribution in [1.29, 1.82) is 0 Å². The van der Waals surface area contributed by atoms with Gasteiger partial charge < -0.3 is 9.47 Å². The lowest BCUT2D eigenvalue weighted by Crippen LogP contribution is -2.28. The molecule has 0 atom stereocenters. The molecule has 0 unspecified atom stereocenters. The van der Waals surface area contributed by atoms with Crippen LogP contribution in [0.4, 0.5) is 4.39 Å². The molecule has 31 heavy (non-hydrogen) atoms. The van der Waals surface area contributed by atoms with Crippen LogP contribution in [0.25, 0.3) is 11.0 Å². The number of ether oxygens (including phenoxy) is 2. The summed E-state index contributed by atoms with van der Waals surface area (Å²) in [5, 5.41) is 4.21. The minimum Gasteiger partial charge on any atom is -0.493 e. The Balaban J connectivity index is 1.75. The van der Waals surface area contributed by atoms with E-state index in [4.69, 9.17) is 9.47 Å². The van der Waals surface area contributed by atoms with E-state index in [1.54, 1.807) is 37.5 Å². The van der Waals surface area contributed by atoms with E-state index in [9.17, 15) is 14.0 Å². The zero-order chi connectivity index (χ0) is 22.0. The molecule has 0 aliphatic carbocycles. The maximum Gasteiger partial charge on any atom is 0.296 e. The van der Waals surface area contributed by atoms with Gasteiger partial charge in [-0.2, -0.15) is 14.6 Å². The molecule has 0 bridgehead atoms. The van der Waals surface area contributed by atoms with Gasteiger partial charge in [0.25, 0.3) is 11.1 Å². The third-order valence-corrected chi connectivity index (χ3v) is 5.48. The van der Waals surface area contributed by atoms with Crippen LogP contribution >= 0.6 is 11.3 Å². The zero-order valence-corrected chi connectivity index (χ0v) is 17.6. The number of hydrogen-bond donors (Lipinski definition) is 0. The van der Waals surface area contributed by atoms with Crippen molar-refractivity contribution < 1.29 is 13.9 Å². The fourth-order valence-electron chi connectivity index (χ4n) is 3.05. The molecule has 0 spiro atoms. The number of methoxy groups -OCH3 is 1. The van der Waals surface area contributed by atoms with E-state index in [1.165, 1.54) is 12.1 Å². The predicted octanol–water partition coefficient (Wildman–Crippen LogP) is 2.20. The summed E-state index contributed by atoms with van der Waals surface area (Å²) in [5.74, 6) is 0.796. The Morgan fingerprint density at radius 2 is 1.90 bits per heavy atom. The topological polar surface area (TPSA) is 82.8 Å². The average Bonchev–Trinajstić information content (AvgIpc) is 3.05. The van der Waals surface area contributed by atoms with Gasteiger partial charge in [-0.05, 0) is 48.4 Å². The Hall–Kier alpha value is -3.59. The first-order valence-corrected chi connectivity index (χ1v) is 10.3. The van der Waals surface area contributed by atoms with Gasteiger partial charge in [-0.25, -0.2) is 4.39 Å². The lowest BCUT2D eigenvalue weighted by atomic mass is 10.1. The lowest BCUT2D eigenvalue weighted by Gasteiger charge is -2.09. The molecule has 2 heterocycles. The molecule has 0 aliphatic heterocycles. The van der Waals surface area contributed by atoms with E-state index >= 15 is 0 Å². The fraction of sp³-hybridized carbons (Fsp3) is 0.182. The van der Waals surface area contributed by atoms with Gasteiger partial charge in [-0.3, -0.25) is 9.59 Å². The van der Waals surface area contributed by atoms with Crippen molar-refractivity contribution in [1.82, 2.24) is 14.6 Å². The van der Waals surface area contributed by atoms with Crippen molar-refractivity contribution in [3.8, 4) is 11.5 Å². The molecular formula is C22H18FN3O4S. The third-order valence-electron chi connectivity index (χ3n) is 4.52. The van der Waals surface area contributed by atoms with Crippen molar-refractivity contribution in [2.24, 2.45) is 0 Å². The van der Waals surface area contributed by atoms with Gasteiger partial charge in [0.15, 0.2) is 11.5 Å². The van der Waals surface area contributed by atoms with E-state index in [-0.39, 0.29) is 28.5 Å². The summed E-state index contributed by atoms with van der Waals surface area (Å²) in [6.07, 6.45) is 1.84. The zero-order valence-electron chi connectivity index (χ0n) is 16.8. The van der Waals surface area contributed by atoms with Crippen LogP contribution in [0.2, 0.25) is 0 Å². The molecule has 4 rings (SSSR count). The first-order valence-electron chi connectivity index (χ1n) is 9.48. The van der Waals surface area contributed by atoms with Gasteiger partial charge in [-0.1, -0.05) is 29.5 Å². The average molecular weight is 439 g/mol. The molecule has 0 radical (unpaired) electrons. The van der Waals surface area contributed by atoms with Crippen LogP contribution in [0.5, 0.6) is 11.5 Å². The number of aromatic nitrogens is 3. The summed E-state index contributed by atoms with van der Waals surface area (Å²) in [6.45, 7) is 2.39. The largest absolute Gasteiger partial charge is 0.493 e. The summed E-state index contributed by atoms with van der Waals surface area (Å²) in [7, 11) is 1.54. The van der Waals surface area contributed by atoms with E-state index in [0.717, 1.165) is 21.4 Å². The molecule has 9 heteroatoms. The molecule has 0 N–H and O–H groups in total. The molecule has 0 saturated heterocycles. The van der Waals surface area contributed by atoms with Crippen LogP contribution < -0.4 is 25.1 Å². The van der Waals surface area contributed by atoms with Gasteiger partial charge in [0.05, 0.1) is 18.2 Å². The SMILES string of the molecule is CCOc1ccc(/C=c2/sc3nc(=O)c(Cc4ccc(F)cc4)nn3c2=O)cc1OC. The Kier molecular flexibility index (Phi) is 5.77. The number of nitrogens with zero attached hydrogens (tertiary/aromatic N) is 3. The second-order valence-corrected chi connectivity index (χ2v) is 7.63. The summed E-state index contributed by atoms with van der Waals surface area (Å²) in [6, 6.07) is 11.1. The quantitative estimate of drug-likeness (QED) is 0.458. The number of benzene rings is 2. The molecule has 158 valence electrons. The minimum absolute atomic E-state index is 0.119. The van der Waals surface area contributed by atoms with Crippen molar-refractivity contribution in [3.05, 3.63) is 90.3 Å². The molecule has 0 fully saturated rings. The van der Waals surface area contributed by atoms with Crippen LogP contribution in [-0.2, 0) is 6.42 Å². The second-order valence-electron chi connectivity index (χ2n) is 6.62. The van der Waals surface area contributed by atoms with Gasteiger partial charge in [0, 0.05) is 6.42 Å². The molecule has 0 amide bonds. The van der Waals surface area contributed by atoms with Crippen LogP contribution in [0, 0.1) is 5.82 Å². The molecule has 2 aromatic heterocycles. The number of hydrogen-bond acceptors (Lipinski definition) is 7. The van der Waals surface area contributed by atoms with Crippen molar-refractivity contribution >= 4 is 22.4 Å². The summed E-state index contributed by atoms with van der Waals surface area (Å²) >= 11 is 1.08. The van der Waals surface area contributed by atoms with Crippen LogP contribution in [-0.4, -0.2) is 28.3 Å². The van der Waals surface area contributed by atoms with E-state index in [0.29, 0.717) is 28.2 Å². The number of rotatable bonds is 6. The standard InChI is InChI=1S/C22H18FN3O4S/c1-3-30-17-9-6-14(11-18(17)29-2)12-19-21(28)26-22(31-19)24-20(27)16(25-26)10-13-4-7-15(23)8-5-13/h4-9,11-12H,3,10H2,1-2H3/b19-12+. The highest BCUT2D eigenvalue weighted by atomic mass is 32.1. The predicted molar refractivity (Wildman–Crippen MR) is 116 cm³/mol. The van der Waals surface area contributed by atoms with Crippen LogP contribution in [0.3, 0.4) is 0 Å². The summed E-state index contributed by atoms with van der Waals surface area (Å²) < 4.78 is 25.5. The maximum atomic E-state index is 13.1. The lowest BCUT2D eigenvalue weighted by molar-refractivity contribution is 0.311. The Morgan fingerprint density at radius 1 is 1.13 bits per heavy atom. The highest BCUT2D eigenvalue weighted by Crippen LogP contribution is 2.28. The van der Waals surface area contributed by atoms with Crippen molar-refractivity contribution in [3.63, 3.8) is 0 Å². The first-order chi connectivity index (χ1) is 15.0.